The highest BCUT2D eigenvalue weighted by Gasteiger charge is 2.24. The number of nitrogens with zero attached hydrogens (tertiary/aromatic N) is 1. The van der Waals surface area contributed by atoms with Gasteiger partial charge >= 0.3 is 0 Å². The molecular formula is C13H17FN2O. The quantitative estimate of drug-likeness (QED) is 0.851. The number of carbonyl (C=O) groups excluding carboxylic acids is 1. The van der Waals surface area contributed by atoms with Crippen LogP contribution in [0.15, 0.2) is 24.3 Å². The van der Waals surface area contributed by atoms with Crippen molar-refractivity contribution in [1.29, 1.82) is 0 Å². The second-order valence-electron chi connectivity index (χ2n) is 4.38. The van der Waals surface area contributed by atoms with Crippen molar-refractivity contribution in [1.82, 2.24) is 5.32 Å². The SMILES string of the molecule is CN(C(=O)[C@@H]1CCCCN1)c1cccc(F)c1. The Hall–Kier alpha value is -1.42. The van der Waals surface area contributed by atoms with Gasteiger partial charge < -0.3 is 10.2 Å². The lowest BCUT2D eigenvalue weighted by Crippen LogP contribution is -2.47. The molecule has 1 aliphatic rings. The van der Waals surface area contributed by atoms with E-state index in [4.69, 9.17) is 0 Å². The summed E-state index contributed by atoms with van der Waals surface area (Å²) in [5.74, 6) is -0.311. The number of rotatable bonds is 2. The summed E-state index contributed by atoms with van der Waals surface area (Å²) in [7, 11) is 1.69. The first-order valence-corrected chi connectivity index (χ1v) is 5.95. The second kappa shape index (κ2) is 5.27. The molecule has 1 N–H and O–H groups in total. The molecule has 0 bridgehead atoms. The normalized spacial score (nSPS) is 20.0. The van der Waals surface area contributed by atoms with Crippen molar-refractivity contribution in [2.45, 2.75) is 25.3 Å². The molecule has 1 amide bonds. The fourth-order valence-electron chi connectivity index (χ4n) is 2.11. The van der Waals surface area contributed by atoms with Crippen molar-refractivity contribution in [3.63, 3.8) is 0 Å². The Morgan fingerprint density at radius 1 is 1.47 bits per heavy atom. The molecule has 0 radical (unpaired) electrons. The van der Waals surface area contributed by atoms with Crippen LogP contribution < -0.4 is 10.2 Å². The molecule has 1 aliphatic heterocycles. The van der Waals surface area contributed by atoms with Crippen LogP contribution in [-0.4, -0.2) is 25.5 Å². The summed E-state index contributed by atoms with van der Waals surface area (Å²) < 4.78 is 13.1. The van der Waals surface area contributed by atoms with E-state index < -0.39 is 0 Å². The monoisotopic (exact) mass is 236 g/mol. The van der Waals surface area contributed by atoms with Gasteiger partial charge in [0.25, 0.3) is 0 Å². The van der Waals surface area contributed by atoms with Crippen LogP contribution in [0, 0.1) is 5.82 Å². The molecule has 0 aliphatic carbocycles. The lowest BCUT2D eigenvalue weighted by Gasteiger charge is -2.27. The number of carbonyl (C=O) groups is 1. The number of hydrogen-bond donors (Lipinski definition) is 1. The maximum Gasteiger partial charge on any atom is 0.243 e. The van der Waals surface area contributed by atoms with E-state index in [-0.39, 0.29) is 17.8 Å². The van der Waals surface area contributed by atoms with Gasteiger partial charge in [0.2, 0.25) is 5.91 Å². The van der Waals surface area contributed by atoms with Gasteiger partial charge in [-0.05, 0) is 37.6 Å². The minimum Gasteiger partial charge on any atom is -0.314 e. The fraction of sp³-hybridized carbons (Fsp3) is 0.462. The molecule has 0 unspecified atom stereocenters. The van der Waals surface area contributed by atoms with Crippen LogP contribution in [0.25, 0.3) is 0 Å². The first kappa shape index (κ1) is 12.0. The molecule has 1 atom stereocenters. The molecule has 17 heavy (non-hydrogen) atoms. The van der Waals surface area contributed by atoms with Crippen molar-refractivity contribution < 1.29 is 9.18 Å². The van der Waals surface area contributed by atoms with Crippen molar-refractivity contribution in [3.8, 4) is 0 Å². The lowest BCUT2D eigenvalue weighted by atomic mass is 10.0. The highest BCUT2D eigenvalue weighted by Crippen LogP contribution is 2.17. The van der Waals surface area contributed by atoms with Gasteiger partial charge in [-0.1, -0.05) is 12.5 Å². The maximum absolute atomic E-state index is 13.1. The molecule has 0 aromatic heterocycles. The lowest BCUT2D eigenvalue weighted by molar-refractivity contribution is -0.120. The van der Waals surface area contributed by atoms with Crippen LogP contribution in [0.3, 0.4) is 0 Å². The van der Waals surface area contributed by atoms with E-state index in [1.807, 2.05) is 0 Å². The van der Waals surface area contributed by atoms with E-state index in [1.165, 1.54) is 17.0 Å². The molecule has 1 aromatic carbocycles. The van der Waals surface area contributed by atoms with E-state index in [9.17, 15) is 9.18 Å². The van der Waals surface area contributed by atoms with Crippen LogP contribution in [0.2, 0.25) is 0 Å². The van der Waals surface area contributed by atoms with Gasteiger partial charge in [-0.2, -0.15) is 0 Å². The maximum atomic E-state index is 13.1. The number of hydrogen-bond acceptors (Lipinski definition) is 2. The molecular weight excluding hydrogens is 219 g/mol. The summed E-state index contributed by atoms with van der Waals surface area (Å²) in [5, 5.41) is 3.20. The molecule has 1 heterocycles. The third kappa shape index (κ3) is 2.82. The average Bonchev–Trinajstić information content (AvgIpc) is 2.38. The Bertz CT molecular complexity index is 402. The summed E-state index contributed by atoms with van der Waals surface area (Å²) in [6.45, 7) is 0.882. The Kier molecular flexibility index (Phi) is 3.74. The minimum atomic E-state index is -0.321. The van der Waals surface area contributed by atoms with Gasteiger partial charge in [0, 0.05) is 12.7 Å². The largest absolute Gasteiger partial charge is 0.314 e. The third-order valence-electron chi connectivity index (χ3n) is 3.13. The van der Waals surface area contributed by atoms with Gasteiger partial charge in [-0.25, -0.2) is 4.39 Å². The molecule has 2 rings (SSSR count). The van der Waals surface area contributed by atoms with E-state index in [2.05, 4.69) is 5.32 Å². The molecule has 0 spiro atoms. The number of nitrogens with one attached hydrogen (secondary N) is 1. The van der Waals surface area contributed by atoms with E-state index in [1.54, 1.807) is 19.2 Å². The van der Waals surface area contributed by atoms with Crippen molar-refractivity contribution >= 4 is 11.6 Å². The Morgan fingerprint density at radius 2 is 2.29 bits per heavy atom. The third-order valence-corrected chi connectivity index (χ3v) is 3.13. The van der Waals surface area contributed by atoms with Crippen LogP contribution in [0.4, 0.5) is 10.1 Å². The Morgan fingerprint density at radius 3 is 2.94 bits per heavy atom. The summed E-state index contributed by atoms with van der Waals surface area (Å²) in [5.41, 5.74) is 0.599. The molecule has 1 fully saturated rings. The first-order chi connectivity index (χ1) is 8.18. The zero-order chi connectivity index (χ0) is 12.3. The minimum absolute atomic E-state index is 0.00954. The van der Waals surface area contributed by atoms with E-state index in [0.717, 1.165) is 25.8 Å². The van der Waals surface area contributed by atoms with Crippen LogP contribution in [0.5, 0.6) is 0 Å². The zero-order valence-corrected chi connectivity index (χ0v) is 9.95. The molecule has 1 saturated heterocycles. The molecule has 4 heteroatoms. The molecule has 1 aromatic rings. The highest BCUT2D eigenvalue weighted by molar-refractivity contribution is 5.96. The Balaban J connectivity index is 2.08. The average molecular weight is 236 g/mol. The van der Waals surface area contributed by atoms with Crippen molar-refractivity contribution in [2.75, 3.05) is 18.5 Å². The van der Waals surface area contributed by atoms with Crippen molar-refractivity contribution in [2.24, 2.45) is 0 Å². The van der Waals surface area contributed by atoms with Gasteiger partial charge in [-0.15, -0.1) is 0 Å². The number of amides is 1. The summed E-state index contributed by atoms with van der Waals surface area (Å²) in [4.78, 5) is 13.7. The summed E-state index contributed by atoms with van der Waals surface area (Å²) >= 11 is 0. The highest BCUT2D eigenvalue weighted by atomic mass is 19.1. The fourth-order valence-corrected chi connectivity index (χ4v) is 2.11. The molecule has 3 nitrogen and oxygen atoms in total. The number of likely N-dealkylation sites (N-methyl/N-ethyl adjacent to an activating group) is 1. The predicted molar refractivity (Wildman–Crippen MR) is 65.5 cm³/mol. The van der Waals surface area contributed by atoms with E-state index >= 15 is 0 Å². The van der Waals surface area contributed by atoms with Gasteiger partial charge in [0.1, 0.15) is 5.82 Å². The van der Waals surface area contributed by atoms with Gasteiger partial charge in [0.05, 0.1) is 6.04 Å². The number of piperidine rings is 1. The summed E-state index contributed by atoms with van der Waals surface area (Å²) in [6.07, 6.45) is 3.05. The smallest absolute Gasteiger partial charge is 0.243 e. The summed E-state index contributed by atoms with van der Waals surface area (Å²) in [6, 6.07) is 5.98. The predicted octanol–water partition coefficient (Wildman–Crippen LogP) is 1.93. The zero-order valence-electron chi connectivity index (χ0n) is 9.95. The van der Waals surface area contributed by atoms with Gasteiger partial charge in [-0.3, -0.25) is 4.79 Å². The first-order valence-electron chi connectivity index (χ1n) is 5.95. The Labute approximate surface area is 101 Å². The standard InChI is InChI=1S/C13H17FN2O/c1-16(11-6-4-5-10(14)9-11)13(17)12-7-2-3-8-15-12/h4-6,9,12,15H,2-3,7-8H2,1H3/t12-/m0/s1. The second-order valence-corrected chi connectivity index (χ2v) is 4.38. The number of halogens is 1. The van der Waals surface area contributed by atoms with Crippen LogP contribution in [0.1, 0.15) is 19.3 Å². The van der Waals surface area contributed by atoms with Crippen LogP contribution >= 0.6 is 0 Å². The van der Waals surface area contributed by atoms with Crippen molar-refractivity contribution in [3.05, 3.63) is 30.1 Å². The number of benzene rings is 1. The molecule has 0 saturated carbocycles. The van der Waals surface area contributed by atoms with Crippen LogP contribution in [-0.2, 0) is 4.79 Å². The van der Waals surface area contributed by atoms with E-state index in [0.29, 0.717) is 5.69 Å². The number of anilines is 1. The topological polar surface area (TPSA) is 32.3 Å². The molecule has 92 valence electrons. The van der Waals surface area contributed by atoms with Gasteiger partial charge in [0.15, 0.2) is 0 Å².